The van der Waals surface area contributed by atoms with E-state index in [9.17, 15) is 14.0 Å². The van der Waals surface area contributed by atoms with Crippen LogP contribution in [-0.2, 0) is 14.9 Å². The van der Waals surface area contributed by atoms with Crippen molar-refractivity contribution in [2.24, 2.45) is 0 Å². The van der Waals surface area contributed by atoms with Crippen LogP contribution in [-0.4, -0.2) is 37.6 Å². The van der Waals surface area contributed by atoms with Crippen LogP contribution in [0.4, 0.5) is 10.1 Å². The Kier molecular flexibility index (Phi) is 5.79. The number of morpholine rings is 1. The number of ether oxygens (including phenoxy) is 1. The van der Waals surface area contributed by atoms with Crippen LogP contribution < -0.4 is 10.2 Å². The summed E-state index contributed by atoms with van der Waals surface area (Å²) < 4.78 is 18.6. The Bertz CT molecular complexity index is 842. The smallest absolute Gasteiger partial charge is 0.253 e. The van der Waals surface area contributed by atoms with E-state index in [1.165, 1.54) is 12.1 Å². The Balaban J connectivity index is 1.58. The molecule has 0 spiro atoms. The molecule has 1 N–H and O–H groups in total. The van der Waals surface area contributed by atoms with E-state index in [1.54, 1.807) is 17.0 Å². The normalized spacial score (nSPS) is 17.5. The summed E-state index contributed by atoms with van der Waals surface area (Å²) in [6.45, 7) is 6.88. The van der Waals surface area contributed by atoms with Crippen molar-refractivity contribution in [1.82, 2.24) is 5.32 Å². The zero-order chi connectivity index (χ0) is 20.3. The monoisotopic (exact) mass is 384 g/mol. The molecule has 148 valence electrons. The van der Waals surface area contributed by atoms with Gasteiger partial charge in [0.05, 0.1) is 12.6 Å². The summed E-state index contributed by atoms with van der Waals surface area (Å²) >= 11 is 0. The van der Waals surface area contributed by atoms with Crippen molar-refractivity contribution in [3.63, 3.8) is 0 Å². The molecule has 1 aliphatic heterocycles. The standard InChI is InChI=1S/C22H25FN2O3/c1-22(2,3)16-6-4-15(5-7-16)21(27)24-12-19-13-25(20(26)14-28-19)18-10-8-17(23)9-11-18/h4-11,19H,12-14H2,1-3H3,(H,24,27). The third-order valence-corrected chi connectivity index (χ3v) is 4.77. The average molecular weight is 384 g/mol. The maximum absolute atomic E-state index is 13.1. The fraction of sp³-hybridized carbons (Fsp3) is 0.364. The van der Waals surface area contributed by atoms with Gasteiger partial charge in [0, 0.05) is 17.8 Å². The van der Waals surface area contributed by atoms with Crippen LogP contribution in [0.1, 0.15) is 36.7 Å². The lowest BCUT2D eigenvalue weighted by Gasteiger charge is -2.32. The van der Waals surface area contributed by atoms with Crippen LogP contribution in [0.25, 0.3) is 0 Å². The number of carbonyl (C=O) groups is 2. The van der Waals surface area contributed by atoms with Crippen molar-refractivity contribution >= 4 is 17.5 Å². The van der Waals surface area contributed by atoms with Crippen molar-refractivity contribution in [1.29, 1.82) is 0 Å². The maximum atomic E-state index is 13.1. The molecule has 1 saturated heterocycles. The molecule has 0 aliphatic carbocycles. The van der Waals surface area contributed by atoms with Gasteiger partial charge in [-0.15, -0.1) is 0 Å². The molecule has 0 aromatic heterocycles. The summed E-state index contributed by atoms with van der Waals surface area (Å²) in [7, 11) is 0. The van der Waals surface area contributed by atoms with Crippen LogP contribution in [0, 0.1) is 5.82 Å². The molecule has 0 bridgehead atoms. The van der Waals surface area contributed by atoms with Gasteiger partial charge in [-0.25, -0.2) is 4.39 Å². The van der Waals surface area contributed by atoms with Gasteiger partial charge in [-0.05, 0) is 47.4 Å². The molecule has 1 fully saturated rings. The number of hydrogen-bond donors (Lipinski definition) is 1. The topological polar surface area (TPSA) is 58.6 Å². The van der Waals surface area contributed by atoms with Crippen LogP contribution in [0.3, 0.4) is 0 Å². The highest BCUT2D eigenvalue weighted by Gasteiger charge is 2.27. The molecule has 2 aromatic rings. The Morgan fingerprint density at radius 1 is 1.14 bits per heavy atom. The Morgan fingerprint density at radius 3 is 2.39 bits per heavy atom. The SMILES string of the molecule is CC(C)(C)c1ccc(C(=O)NCC2CN(c3ccc(F)cc3)C(=O)CO2)cc1. The predicted octanol–water partition coefficient (Wildman–Crippen LogP) is 3.29. The number of nitrogens with zero attached hydrogens (tertiary/aromatic N) is 1. The summed E-state index contributed by atoms with van der Waals surface area (Å²) in [6, 6.07) is 13.3. The van der Waals surface area contributed by atoms with Crippen molar-refractivity contribution in [3.05, 3.63) is 65.5 Å². The lowest BCUT2D eigenvalue weighted by Crippen LogP contribution is -2.50. The molecule has 1 heterocycles. The largest absolute Gasteiger partial charge is 0.365 e. The number of rotatable bonds is 4. The Labute approximate surface area is 164 Å². The van der Waals surface area contributed by atoms with Gasteiger partial charge < -0.3 is 15.0 Å². The lowest BCUT2D eigenvalue weighted by atomic mass is 9.87. The molecule has 2 amide bonds. The minimum absolute atomic E-state index is 0.0291. The molecule has 1 atom stereocenters. The first-order chi connectivity index (χ1) is 13.2. The van der Waals surface area contributed by atoms with E-state index >= 15 is 0 Å². The molecular formula is C22H25FN2O3. The van der Waals surface area contributed by atoms with E-state index in [-0.39, 0.29) is 42.3 Å². The molecular weight excluding hydrogens is 359 g/mol. The predicted molar refractivity (Wildman–Crippen MR) is 106 cm³/mol. The fourth-order valence-electron chi connectivity index (χ4n) is 3.05. The summed E-state index contributed by atoms with van der Waals surface area (Å²) in [6.07, 6.45) is -0.333. The number of carbonyl (C=O) groups excluding carboxylic acids is 2. The minimum atomic E-state index is -0.356. The second-order valence-electron chi connectivity index (χ2n) is 7.95. The molecule has 0 radical (unpaired) electrons. The van der Waals surface area contributed by atoms with Crippen LogP contribution >= 0.6 is 0 Å². The van der Waals surface area contributed by atoms with Gasteiger partial charge in [0.1, 0.15) is 12.4 Å². The first-order valence-electron chi connectivity index (χ1n) is 9.30. The van der Waals surface area contributed by atoms with E-state index in [1.807, 2.05) is 24.3 Å². The van der Waals surface area contributed by atoms with Gasteiger partial charge >= 0.3 is 0 Å². The molecule has 3 rings (SSSR count). The zero-order valence-corrected chi connectivity index (χ0v) is 16.4. The molecule has 6 heteroatoms. The van der Waals surface area contributed by atoms with Gasteiger partial charge in [0.25, 0.3) is 11.8 Å². The van der Waals surface area contributed by atoms with Crippen LogP contribution in [0.5, 0.6) is 0 Å². The van der Waals surface area contributed by atoms with Gasteiger partial charge in [-0.3, -0.25) is 9.59 Å². The number of nitrogens with one attached hydrogen (secondary N) is 1. The first-order valence-corrected chi connectivity index (χ1v) is 9.30. The quantitative estimate of drug-likeness (QED) is 0.880. The highest BCUT2D eigenvalue weighted by molar-refractivity contribution is 5.95. The van der Waals surface area contributed by atoms with Crippen molar-refractivity contribution in [2.75, 3.05) is 24.6 Å². The fourth-order valence-corrected chi connectivity index (χ4v) is 3.05. The van der Waals surface area contributed by atoms with Crippen molar-refractivity contribution < 1.29 is 18.7 Å². The molecule has 1 aliphatic rings. The summed E-state index contributed by atoms with van der Waals surface area (Å²) in [5, 5.41) is 2.86. The molecule has 0 saturated carbocycles. The number of benzene rings is 2. The van der Waals surface area contributed by atoms with E-state index in [2.05, 4.69) is 26.1 Å². The van der Waals surface area contributed by atoms with Gasteiger partial charge in [-0.2, -0.15) is 0 Å². The third kappa shape index (κ3) is 4.75. The van der Waals surface area contributed by atoms with Gasteiger partial charge in [-0.1, -0.05) is 32.9 Å². The van der Waals surface area contributed by atoms with Crippen LogP contribution in [0.15, 0.2) is 48.5 Å². The van der Waals surface area contributed by atoms with E-state index in [0.717, 1.165) is 5.56 Å². The zero-order valence-electron chi connectivity index (χ0n) is 16.4. The third-order valence-electron chi connectivity index (χ3n) is 4.77. The summed E-state index contributed by atoms with van der Waals surface area (Å²) in [5.41, 5.74) is 2.38. The highest BCUT2D eigenvalue weighted by atomic mass is 19.1. The number of halogens is 1. The minimum Gasteiger partial charge on any atom is -0.365 e. The number of amides is 2. The molecule has 2 aromatic carbocycles. The van der Waals surface area contributed by atoms with E-state index in [4.69, 9.17) is 4.74 Å². The lowest BCUT2D eigenvalue weighted by molar-refractivity contribution is -0.129. The van der Waals surface area contributed by atoms with E-state index in [0.29, 0.717) is 17.8 Å². The highest BCUT2D eigenvalue weighted by Crippen LogP contribution is 2.22. The second kappa shape index (κ2) is 8.10. The van der Waals surface area contributed by atoms with Gasteiger partial charge in [0.2, 0.25) is 0 Å². The van der Waals surface area contributed by atoms with Crippen LogP contribution in [0.2, 0.25) is 0 Å². The van der Waals surface area contributed by atoms with E-state index < -0.39 is 0 Å². The Hall–Kier alpha value is -2.73. The number of hydrogen-bond acceptors (Lipinski definition) is 3. The molecule has 5 nitrogen and oxygen atoms in total. The Morgan fingerprint density at radius 2 is 1.79 bits per heavy atom. The summed E-state index contributed by atoms with van der Waals surface area (Å²) in [5.74, 6) is -0.730. The number of anilines is 1. The molecule has 28 heavy (non-hydrogen) atoms. The first kappa shape index (κ1) is 20.0. The molecule has 1 unspecified atom stereocenters. The summed E-state index contributed by atoms with van der Waals surface area (Å²) in [4.78, 5) is 26.1. The van der Waals surface area contributed by atoms with Crippen molar-refractivity contribution in [2.45, 2.75) is 32.3 Å². The maximum Gasteiger partial charge on any atom is 0.253 e. The second-order valence-corrected chi connectivity index (χ2v) is 7.95. The van der Waals surface area contributed by atoms with Gasteiger partial charge in [0.15, 0.2) is 0 Å². The van der Waals surface area contributed by atoms with Crippen molar-refractivity contribution in [3.8, 4) is 0 Å². The average Bonchev–Trinajstić information content (AvgIpc) is 2.67.